The van der Waals surface area contributed by atoms with Gasteiger partial charge in [-0.2, -0.15) is 13.2 Å². The van der Waals surface area contributed by atoms with E-state index in [4.69, 9.17) is 0 Å². The van der Waals surface area contributed by atoms with Crippen LogP contribution in [0.2, 0.25) is 0 Å². The summed E-state index contributed by atoms with van der Waals surface area (Å²) in [5.41, 5.74) is 1.30. The number of hydrogen-bond acceptors (Lipinski definition) is 0. The highest BCUT2D eigenvalue weighted by atomic mass is 19.4. The maximum atomic E-state index is 14.4. The molecule has 158 valence electrons. The first-order valence-corrected chi connectivity index (χ1v) is 10.4. The van der Waals surface area contributed by atoms with Gasteiger partial charge in [0.1, 0.15) is 11.6 Å². The van der Waals surface area contributed by atoms with Crippen LogP contribution in [0.1, 0.15) is 60.8 Å². The Labute approximate surface area is 172 Å². The van der Waals surface area contributed by atoms with E-state index >= 15 is 0 Å². The van der Waals surface area contributed by atoms with Gasteiger partial charge < -0.3 is 0 Å². The zero-order chi connectivity index (χ0) is 21.5. The molecule has 0 fully saturated rings. The fraction of sp³-hybridized carbons (Fsp3) is 0.360. The molecule has 2 atom stereocenters. The Kier molecular flexibility index (Phi) is 5.56. The summed E-state index contributed by atoms with van der Waals surface area (Å²) in [6.45, 7) is 2.10. The minimum absolute atomic E-state index is 0.204. The molecule has 0 bridgehead atoms. The molecular formula is C25H23F5. The molecule has 1 aliphatic rings. The minimum atomic E-state index is -4.72. The van der Waals surface area contributed by atoms with Gasteiger partial charge in [-0.25, -0.2) is 8.78 Å². The number of aryl methyl sites for hydroxylation is 1. The summed E-state index contributed by atoms with van der Waals surface area (Å²) in [7, 11) is 0. The molecule has 0 aliphatic heterocycles. The molecule has 0 saturated heterocycles. The van der Waals surface area contributed by atoms with Gasteiger partial charge in [0.25, 0.3) is 0 Å². The predicted molar refractivity (Wildman–Crippen MR) is 108 cm³/mol. The molecule has 0 saturated carbocycles. The predicted octanol–water partition coefficient (Wildman–Crippen LogP) is 8.02. The van der Waals surface area contributed by atoms with Gasteiger partial charge in [-0.1, -0.05) is 50.1 Å². The van der Waals surface area contributed by atoms with E-state index in [-0.39, 0.29) is 17.7 Å². The minimum Gasteiger partial charge on any atom is -0.206 e. The Bertz CT molecular complexity index is 1070. The van der Waals surface area contributed by atoms with Gasteiger partial charge in [0.05, 0.1) is 5.56 Å². The van der Waals surface area contributed by atoms with Crippen LogP contribution >= 0.6 is 0 Å². The van der Waals surface area contributed by atoms with Crippen LogP contribution in [-0.4, -0.2) is 0 Å². The average Bonchev–Trinajstić information content (AvgIpc) is 2.70. The number of rotatable bonds is 4. The number of halogens is 5. The molecule has 1 aliphatic carbocycles. The van der Waals surface area contributed by atoms with E-state index < -0.39 is 17.6 Å². The van der Waals surface area contributed by atoms with Gasteiger partial charge in [-0.15, -0.1) is 0 Å². The summed E-state index contributed by atoms with van der Waals surface area (Å²) < 4.78 is 67.8. The molecule has 0 spiro atoms. The van der Waals surface area contributed by atoms with Crippen molar-refractivity contribution >= 4 is 10.8 Å². The third-order valence-electron chi connectivity index (χ3n) is 6.31. The Morgan fingerprint density at radius 2 is 1.73 bits per heavy atom. The van der Waals surface area contributed by atoms with Crippen LogP contribution in [0.3, 0.4) is 0 Å². The van der Waals surface area contributed by atoms with Gasteiger partial charge in [0.2, 0.25) is 0 Å². The molecule has 30 heavy (non-hydrogen) atoms. The lowest BCUT2D eigenvalue weighted by molar-refractivity contribution is -0.140. The molecular weight excluding hydrogens is 395 g/mol. The molecule has 3 aromatic carbocycles. The van der Waals surface area contributed by atoms with Crippen LogP contribution in [0, 0.1) is 17.6 Å². The van der Waals surface area contributed by atoms with Crippen LogP contribution < -0.4 is 0 Å². The van der Waals surface area contributed by atoms with E-state index in [1.54, 1.807) is 12.1 Å². The fourth-order valence-electron chi connectivity index (χ4n) is 4.90. The first-order valence-electron chi connectivity index (χ1n) is 10.4. The molecule has 0 heterocycles. The van der Waals surface area contributed by atoms with Crippen molar-refractivity contribution in [3.05, 3.63) is 82.4 Å². The third-order valence-corrected chi connectivity index (χ3v) is 6.31. The maximum absolute atomic E-state index is 14.4. The Balaban J connectivity index is 1.86. The molecule has 0 unspecified atom stereocenters. The molecule has 0 aromatic heterocycles. The fourth-order valence-corrected chi connectivity index (χ4v) is 4.90. The van der Waals surface area contributed by atoms with Crippen LogP contribution in [-0.2, 0) is 12.6 Å². The summed E-state index contributed by atoms with van der Waals surface area (Å²) in [4.78, 5) is 0. The summed E-state index contributed by atoms with van der Waals surface area (Å²) in [5, 5.41) is 1.37. The lowest BCUT2D eigenvalue weighted by Gasteiger charge is -2.35. The highest BCUT2D eigenvalue weighted by Gasteiger charge is 2.36. The highest BCUT2D eigenvalue weighted by molar-refractivity contribution is 5.88. The molecule has 0 N–H and O–H groups in total. The first kappa shape index (κ1) is 20.8. The number of fused-ring (bicyclic) bond motifs is 3. The van der Waals surface area contributed by atoms with Crippen molar-refractivity contribution in [3.8, 4) is 0 Å². The molecule has 0 radical (unpaired) electrons. The standard InChI is InChI=1S/C25H23F5/c1-2-3-5-15-8-10-18-17-6-4-7-22(26)19(17)11-12-20(18)24(15)16-9-13-21(23(27)14-16)25(28,29)30/h4,6-7,9,11-15,24H,2-3,5,8,10H2,1H3/t15-,24-/m1/s1. The summed E-state index contributed by atoms with van der Waals surface area (Å²) in [5.74, 6) is -1.53. The van der Waals surface area contributed by atoms with Crippen LogP contribution in [0.5, 0.6) is 0 Å². The van der Waals surface area contributed by atoms with E-state index in [9.17, 15) is 22.0 Å². The Morgan fingerprint density at radius 1 is 0.933 bits per heavy atom. The number of alkyl halides is 3. The Hall–Kier alpha value is -2.43. The van der Waals surface area contributed by atoms with Crippen molar-refractivity contribution in [2.45, 2.75) is 51.1 Å². The topological polar surface area (TPSA) is 0 Å². The van der Waals surface area contributed by atoms with Crippen molar-refractivity contribution in [3.63, 3.8) is 0 Å². The third kappa shape index (κ3) is 3.70. The molecule has 0 amide bonds. The van der Waals surface area contributed by atoms with E-state index in [2.05, 4.69) is 6.92 Å². The van der Waals surface area contributed by atoms with E-state index in [0.717, 1.165) is 60.7 Å². The van der Waals surface area contributed by atoms with Crippen LogP contribution in [0.15, 0.2) is 48.5 Å². The maximum Gasteiger partial charge on any atom is 0.419 e. The first-order chi connectivity index (χ1) is 14.3. The van der Waals surface area contributed by atoms with E-state index in [1.807, 2.05) is 12.1 Å². The zero-order valence-corrected chi connectivity index (χ0v) is 16.7. The van der Waals surface area contributed by atoms with Crippen LogP contribution in [0.4, 0.5) is 22.0 Å². The lowest BCUT2D eigenvalue weighted by Crippen LogP contribution is -2.23. The van der Waals surface area contributed by atoms with Gasteiger partial charge in [-0.3, -0.25) is 0 Å². The van der Waals surface area contributed by atoms with Crippen molar-refractivity contribution in [1.29, 1.82) is 0 Å². The van der Waals surface area contributed by atoms with Crippen molar-refractivity contribution in [1.82, 2.24) is 0 Å². The van der Waals surface area contributed by atoms with E-state index in [1.165, 1.54) is 12.1 Å². The van der Waals surface area contributed by atoms with E-state index in [0.29, 0.717) is 10.9 Å². The highest BCUT2D eigenvalue weighted by Crippen LogP contribution is 2.46. The van der Waals surface area contributed by atoms with Gasteiger partial charge in [-0.05, 0) is 65.5 Å². The van der Waals surface area contributed by atoms with Gasteiger partial charge >= 0.3 is 6.18 Å². The van der Waals surface area contributed by atoms with Gasteiger partial charge in [0, 0.05) is 11.3 Å². The normalized spacial score (nSPS) is 19.1. The number of benzene rings is 3. The smallest absolute Gasteiger partial charge is 0.206 e. The molecule has 0 nitrogen and oxygen atoms in total. The largest absolute Gasteiger partial charge is 0.419 e. The quantitative estimate of drug-likeness (QED) is 0.376. The summed E-state index contributed by atoms with van der Waals surface area (Å²) in [6, 6.07) is 11.9. The van der Waals surface area contributed by atoms with Crippen molar-refractivity contribution in [2.75, 3.05) is 0 Å². The van der Waals surface area contributed by atoms with Gasteiger partial charge in [0.15, 0.2) is 0 Å². The number of hydrogen-bond donors (Lipinski definition) is 0. The zero-order valence-electron chi connectivity index (χ0n) is 16.7. The monoisotopic (exact) mass is 418 g/mol. The SMILES string of the molecule is CCCC[C@@H]1CCc2c(ccc3c(F)cccc23)[C@H]1c1ccc(C(F)(F)F)c(F)c1. The second-order valence-electron chi connectivity index (χ2n) is 8.12. The molecule has 3 aromatic rings. The van der Waals surface area contributed by atoms with Crippen molar-refractivity contribution in [2.24, 2.45) is 5.92 Å². The van der Waals surface area contributed by atoms with Crippen LogP contribution in [0.25, 0.3) is 10.8 Å². The lowest BCUT2D eigenvalue weighted by atomic mass is 9.69. The second-order valence-corrected chi connectivity index (χ2v) is 8.12. The average molecular weight is 418 g/mol. The summed E-state index contributed by atoms with van der Waals surface area (Å²) >= 11 is 0. The number of unbranched alkanes of at least 4 members (excludes halogenated alkanes) is 1. The van der Waals surface area contributed by atoms with Crippen molar-refractivity contribution < 1.29 is 22.0 Å². The molecule has 4 rings (SSSR count). The molecule has 5 heteroatoms. The summed E-state index contributed by atoms with van der Waals surface area (Å²) in [6.07, 6.45) is -0.158. The second kappa shape index (κ2) is 8.01. The Morgan fingerprint density at radius 3 is 2.43 bits per heavy atom.